The lowest BCUT2D eigenvalue weighted by atomic mass is 10.2. The van der Waals surface area contributed by atoms with Crippen LogP contribution >= 0.6 is 15.9 Å². The fourth-order valence-corrected chi connectivity index (χ4v) is 1.82. The van der Waals surface area contributed by atoms with E-state index >= 15 is 0 Å². The molecule has 0 amide bonds. The van der Waals surface area contributed by atoms with E-state index in [9.17, 15) is 0 Å². The van der Waals surface area contributed by atoms with Crippen LogP contribution in [-0.2, 0) is 0 Å². The van der Waals surface area contributed by atoms with Crippen molar-refractivity contribution in [1.82, 2.24) is 9.97 Å². The van der Waals surface area contributed by atoms with Gasteiger partial charge in [0.05, 0.1) is 11.4 Å². The number of para-hydroxylation sites is 2. The van der Waals surface area contributed by atoms with Crippen molar-refractivity contribution in [3.63, 3.8) is 0 Å². The first kappa shape index (κ1) is 11.9. The minimum Gasteiger partial charge on any atom is -0.376 e. The predicted molar refractivity (Wildman–Crippen MR) is 73.8 cm³/mol. The molecule has 0 bridgehead atoms. The van der Waals surface area contributed by atoms with Crippen molar-refractivity contribution in [2.75, 3.05) is 24.3 Å². The molecule has 2 aromatic rings. The van der Waals surface area contributed by atoms with E-state index in [1.165, 1.54) is 6.33 Å². The number of hydrogen-bond acceptors (Lipinski definition) is 4. The van der Waals surface area contributed by atoms with Gasteiger partial charge in [-0.3, -0.25) is 0 Å². The van der Waals surface area contributed by atoms with Gasteiger partial charge in [-0.1, -0.05) is 12.1 Å². The van der Waals surface area contributed by atoms with Crippen LogP contribution in [0.3, 0.4) is 0 Å². The molecule has 5 heteroatoms. The number of benzene rings is 1. The number of nitrogens with zero attached hydrogens (tertiary/aromatic N) is 3. The van der Waals surface area contributed by atoms with Crippen LogP contribution in [0.2, 0.25) is 0 Å². The Hall–Kier alpha value is -1.62. The minimum atomic E-state index is 0.761. The molecule has 0 aliphatic heterocycles. The molecule has 1 heterocycles. The van der Waals surface area contributed by atoms with E-state index in [1.54, 1.807) is 0 Å². The summed E-state index contributed by atoms with van der Waals surface area (Å²) in [5.74, 6) is 0.765. The van der Waals surface area contributed by atoms with E-state index in [0.717, 1.165) is 21.8 Å². The van der Waals surface area contributed by atoms with Gasteiger partial charge in [0.25, 0.3) is 0 Å². The molecule has 0 aliphatic rings. The average molecular weight is 293 g/mol. The molecule has 88 valence electrons. The summed E-state index contributed by atoms with van der Waals surface area (Å²) in [5.41, 5.74) is 2.13. The Bertz CT molecular complexity index is 513. The molecule has 0 fully saturated rings. The highest BCUT2D eigenvalue weighted by Gasteiger charge is 2.04. The van der Waals surface area contributed by atoms with Gasteiger partial charge < -0.3 is 10.2 Å². The van der Waals surface area contributed by atoms with E-state index in [0.29, 0.717) is 0 Å². The van der Waals surface area contributed by atoms with E-state index < -0.39 is 0 Å². The standard InChI is InChI=1S/C12H13BrN4/c1-17(2)10-6-4-3-5-9(10)16-12-7-11(13)14-8-15-12/h3-8H,1-2H3,(H,14,15,16). The third kappa shape index (κ3) is 2.94. The Morgan fingerprint density at radius 3 is 2.65 bits per heavy atom. The average Bonchev–Trinajstić information content (AvgIpc) is 2.29. The van der Waals surface area contributed by atoms with Crippen LogP contribution in [0.1, 0.15) is 0 Å². The van der Waals surface area contributed by atoms with Crippen LogP contribution in [0.5, 0.6) is 0 Å². The Balaban J connectivity index is 2.30. The van der Waals surface area contributed by atoms with Crippen LogP contribution in [-0.4, -0.2) is 24.1 Å². The quantitative estimate of drug-likeness (QED) is 0.883. The number of halogens is 1. The van der Waals surface area contributed by atoms with Crippen LogP contribution in [0.15, 0.2) is 41.3 Å². The van der Waals surface area contributed by atoms with Gasteiger partial charge >= 0.3 is 0 Å². The molecule has 2 rings (SSSR count). The third-order valence-electron chi connectivity index (χ3n) is 2.28. The topological polar surface area (TPSA) is 41.0 Å². The number of aromatic nitrogens is 2. The number of anilines is 3. The van der Waals surface area contributed by atoms with Crippen molar-refractivity contribution in [2.24, 2.45) is 0 Å². The first-order chi connectivity index (χ1) is 8.16. The molecule has 0 saturated carbocycles. The molecule has 0 unspecified atom stereocenters. The molecule has 0 aliphatic carbocycles. The Morgan fingerprint density at radius 1 is 1.18 bits per heavy atom. The lowest BCUT2D eigenvalue weighted by molar-refractivity contribution is 1.12. The van der Waals surface area contributed by atoms with Gasteiger partial charge in [-0.05, 0) is 28.1 Å². The molecular formula is C12H13BrN4. The highest BCUT2D eigenvalue weighted by Crippen LogP contribution is 2.26. The Morgan fingerprint density at radius 2 is 1.94 bits per heavy atom. The highest BCUT2D eigenvalue weighted by atomic mass is 79.9. The van der Waals surface area contributed by atoms with Crippen molar-refractivity contribution >= 4 is 33.1 Å². The van der Waals surface area contributed by atoms with Gasteiger partial charge in [-0.2, -0.15) is 0 Å². The van der Waals surface area contributed by atoms with E-state index in [-0.39, 0.29) is 0 Å². The van der Waals surface area contributed by atoms with Crippen LogP contribution in [0.4, 0.5) is 17.2 Å². The van der Waals surface area contributed by atoms with Gasteiger partial charge in [0.1, 0.15) is 16.7 Å². The molecule has 0 radical (unpaired) electrons. The first-order valence-corrected chi connectivity index (χ1v) is 5.97. The van der Waals surface area contributed by atoms with E-state index in [1.807, 2.05) is 38.4 Å². The summed E-state index contributed by atoms with van der Waals surface area (Å²) in [5, 5.41) is 3.27. The van der Waals surface area contributed by atoms with Gasteiger partial charge in [0, 0.05) is 20.2 Å². The summed E-state index contributed by atoms with van der Waals surface area (Å²) in [7, 11) is 4.02. The summed E-state index contributed by atoms with van der Waals surface area (Å²) in [4.78, 5) is 10.2. The zero-order valence-corrected chi connectivity index (χ0v) is 11.3. The molecule has 0 atom stereocenters. The molecule has 0 saturated heterocycles. The maximum Gasteiger partial charge on any atom is 0.134 e. The van der Waals surface area contributed by atoms with Crippen molar-refractivity contribution in [3.05, 3.63) is 41.3 Å². The maximum atomic E-state index is 4.16. The second kappa shape index (κ2) is 5.14. The van der Waals surface area contributed by atoms with Crippen molar-refractivity contribution < 1.29 is 0 Å². The van der Waals surface area contributed by atoms with Crippen LogP contribution in [0.25, 0.3) is 0 Å². The maximum absolute atomic E-state index is 4.16. The molecule has 1 aromatic carbocycles. The van der Waals surface area contributed by atoms with E-state index in [2.05, 4.69) is 42.2 Å². The number of hydrogen-bond donors (Lipinski definition) is 1. The molecule has 0 spiro atoms. The lowest BCUT2D eigenvalue weighted by Gasteiger charge is -2.17. The highest BCUT2D eigenvalue weighted by molar-refractivity contribution is 9.10. The first-order valence-electron chi connectivity index (χ1n) is 5.18. The number of nitrogens with one attached hydrogen (secondary N) is 1. The van der Waals surface area contributed by atoms with Gasteiger partial charge in [-0.25, -0.2) is 9.97 Å². The van der Waals surface area contributed by atoms with E-state index in [4.69, 9.17) is 0 Å². The summed E-state index contributed by atoms with van der Waals surface area (Å²) in [6.45, 7) is 0. The zero-order valence-electron chi connectivity index (χ0n) is 9.68. The van der Waals surface area contributed by atoms with Gasteiger partial charge in [-0.15, -0.1) is 0 Å². The van der Waals surface area contributed by atoms with Crippen LogP contribution in [0, 0.1) is 0 Å². The summed E-state index contributed by atoms with van der Waals surface area (Å²) in [6, 6.07) is 9.92. The normalized spacial score (nSPS) is 10.1. The monoisotopic (exact) mass is 292 g/mol. The van der Waals surface area contributed by atoms with Crippen molar-refractivity contribution in [3.8, 4) is 0 Å². The number of rotatable bonds is 3. The van der Waals surface area contributed by atoms with Crippen LogP contribution < -0.4 is 10.2 Å². The lowest BCUT2D eigenvalue weighted by Crippen LogP contribution is -2.11. The van der Waals surface area contributed by atoms with Crippen molar-refractivity contribution in [2.45, 2.75) is 0 Å². The molecule has 4 nitrogen and oxygen atoms in total. The molecule has 1 N–H and O–H groups in total. The smallest absolute Gasteiger partial charge is 0.134 e. The molecular weight excluding hydrogens is 280 g/mol. The fourth-order valence-electron chi connectivity index (χ4n) is 1.51. The summed E-state index contributed by atoms with van der Waals surface area (Å²) >= 11 is 3.32. The largest absolute Gasteiger partial charge is 0.376 e. The van der Waals surface area contributed by atoms with Crippen molar-refractivity contribution in [1.29, 1.82) is 0 Å². The predicted octanol–water partition coefficient (Wildman–Crippen LogP) is 3.05. The minimum absolute atomic E-state index is 0.761. The molecule has 17 heavy (non-hydrogen) atoms. The summed E-state index contributed by atoms with van der Waals surface area (Å²) in [6.07, 6.45) is 1.52. The second-order valence-corrected chi connectivity index (χ2v) is 4.58. The van der Waals surface area contributed by atoms with Gasteiger partial charge in [0.2, 0.25) is 0 Å². The zero-order chi connectivity index (χ0) is 12.3. The van der Waals surface area contributed by atoms with Gasteiger partial charge in [0.15, 0.2) is 0 Å². The SMILES string of the molecule is CN(C)c1ccccc1Nc1cc(Br)ncn1. The molecule has 1 aromatic heterocycles. The Labute approximate surface area is 109 Å². The fraction of sp³-hybridized carbons (Fsp3) is 0.167. The Kier molecular flexibility index (Phi) is 3.58. The second-order valence-electron chi connectivity index (χ2n) is 3.76. The third-order valence-corrected chi connectivity index (χ3v) is 2.72. The summed E-state index contributed by atoms with van der Waals surface area (Å²) < 4.78 is 0.761.